The van der Waals surface area contributed by atoms with Gasteiger partial charge in [-0.3, -0.25) is 4.79 Å². The molecule has 28 heavy (non-hydrogen) atoms. The maximum absolute atomic E-state index is 12.3. The van der Waals surface area contributed by atoms with Crippen LogP contribution in [0, 0.1) is 5.92 Å². The second-order valence-corrected chi connectivity index (χ2v) is 9.02. The van der Waals surface area contributed by atoms with Crippen molar-refractivity contribution in [2.45, 2.75) is 38.7 Å². The summed E-state index contributed by atoms with van der Waals surface area (Å²) in [6, 6.07) is 5.86. The molecule has 4 rings (SSSR count). The standard InChI is InChI=1S/C21H27N3O3S/c1-21(2)11-16-6-3-7-17(19(16)27-21)26-14-18(25)23-12-15-5-4-9-24(13-15)20-22-8-10-28-20/h3,6-8,10,15H,4-5,9,11-14H2,1-2H3,(H,23,25). The highest BCUT2D eigenvalue weighted by Crippen LogP contribution is 2.41. The lowest BCUT2D eigenvalue weighted by Crippen LogP contribution is -2.42. The van der Waals surface area contributed by atoms with Gasteiger partial charge in [0.1, 0.15) is 5.60 Å². The molecular weight excluding hydrogens is 374 g/mol. The molecule has 3 heterocycles. The summed E-state index contributed by atoms with van der Waals surface area (Å²) in [7, 11) is 0. The lowest BCUT2D eigenvalue weighted by Gasteiger charge is -2.32. The second-order valence-electron chi connectivity index (χ2n) is 8.14. The van der Waals surface area contributed by atoms with Crippen molar-refractivity contribution in [1.82, 2.24) is 10.3 Å². The van der Waals surface area contributed by atoms with Crippen LogP contribution in [0.25, 0.3) is 0 Å². The number of anilines is 1. The number of aromatic nitrogens is 1. The van der Waals surface area contributed by atoms with Crippen LogP contribution in [-0.4, -0.2) is 42.7 Å². The first-order valence-electron chi connectivity index (χ1n) is 9.85. The molecule has 1 amide bonds. The van der Waals surface area contributed by atoms with Crippen molar-refractivity contribution in [3.8, 4) is 11.5 Å². The predicted molar refractivity (Wildman–Crippen MR) is 110 cm³/mol. The number of amides is 1. The molecule has 1 aromatic carbocycles. The minimum Gasteiger partial charge on any atom is -0.483 e. The fraction of sp³-hybridized carbons (Fsp3) is 0.524. The first-order valence-corrected chi connectivity index (χ1v) is 10.7. The summed E-state index contributed by atoms with van der Waals surface area (Å²) in [4.78, 5) is 19.0. The molecule has 1 fully saturated rings. The molecule has 0 saturated carbocycles. The van der Waals surface area contributed by atoms with Crippen LogP contribution < -0.4 is 19.7 Å². The van der Waals surface area contributed by atoms with E-state index in [1.54, 1.807) is 11.3 Å². The number of nitrogens with zero attached hydrogens (tertiary/aromatic N) is 2. The van der Waals surface area contributed by atoms with Crippen LogP contribution in [0.2, 0.25) is 0 Å². The highest BCUT2D eigenvalue weighted by molar-refractivity contribution is 7.13. The normalized spacial score (nSPS) is 20.4. The summed E-state index contributed by atoms with van der Waals surface area (Å²) in [5, 5.41) is 6.10. The maximum Gasteiger partial charge on any atom is 0.257 e. The SMILES string of the molecule is CC1(C)Cc2cccc(OCC(=O)NCC3CCCN(c4nccs4)C3)c2O1. The van der Waals surface area contributed by atoms with Crippen LogP contribution in [0.15, 0.2) is 29.8 Å². The second kappa shape index (κ2) is 7.99. The summed E-state index contributed by atoms with van der Waals surface area (Å²) in [6.07, 6.45) is 4.94. The van der Waals surface area contributed by atoms with Crippen LogP contribution in [0.5, 0.6) is 11.5 Å². The summed E-state index contributed by atoms with van der Waals surface area (Å²) in [5.74, 6) is 1.76. The average Bonchev–Trinajstić information content (AvgIpc) is 3.31. The van der Waals surface area contributed by atoms with Crippen molar-refractivity contribution in [1.29, 1.82) is 0 Å². The fourth-order valence-electron chi connectivity index (χ4n) is 3.93. The number of rotatable bonds is 6. The Morgan fingerprint density at radius 2 is 2.36 bits per heavy atom. The molecule has 150 valence electrons. The van der Waals surface area contributed by atoms with Crippen LogP contribution in [0.4, 0.5) is 5.13 Å². The summed E-state index contributed by atoms with van der Waals surface area (Å²) in [5.41, 5.74) is 0.904. The Balaban J connectivity index is 1.25. The molecule has 2 aliphatic rings. The summed E-state index contributed by atoms with van der Waals surface area (Å²) < 4.78 is 11.8. The quantitative estimate of drug-likeness (QED) is 0.805. The zero-order valence-electron chi connectivity index (χ0n) is 16.4. The Bertz CT molecular complexity index is 822. The van der Waals surface area contributed by atoms with Crippen LogP contribution in [-0.2, 0) is 11.2 Å². The molecule has 1 saturated heterocycles. The highest BCUT2D eigenvalue weighted by atomic mass is 32.1. The fourth-order valence-corrected chi connectivity index (χ4v) is 4.61. The number of thiazole rings is 1. The first kappa shape index (κ1) is 19.1. The van der Waals surface area contributed by atoms with E-state index in [2.05, 4.69) is 29.0 Å². The van der Waals surface area contributed by atoms with Crippen molar-refractivity contribution >= 4 is 22.4 Å². The summed E-state index contributed by atoms with van der Waals surface area (Å²) >= 11 is 1.67. The molecule has 0 aliphatic carbocycles. The molecule has 6 nitrogen and oxygen atoms in total. The molecule has 1 N–H and O–H groups in total. The van der Waals surface area contributed by atoms with Gasteiger partial charge in [-0.25, -0.2) is 4.98 Å². The summed E-state index contributed by atoms with van der Waals surface area (Å²) in [6.45, 7) is 6.76. The smallest absolute Gasteiger partial charge is 0.257 e. The van der Waals surface area contributed by atoms with Crippen molar-refractivity contribution < 1.29 is 14.3 Å². The molecule has 1 aromatic heterocycles. The third-order valence-corrected chi connectivity index (χ3v) is 6.04. The van der Waals surface area contributed by atoms with E-state index in [9.17, 15) is 4.79 Å². The topological polar surface area (TPSA) is 63.7 Å². The van der Waals surface area contributed by atoms with Crippen molar-refractivity contribution in [3.05, 3.63) is 35.3 Å². The number of ether oxygens (including phenoxy) is 2. The van der Waals surface area contributed by atoms with Gasteiger partial charge in [0, 0.05) is 43.2 Å². The Morgan fingerprint density at radius 3 is 3.18 bits per heavy atom. The number of hydrogen-bond donors (Lipinski definition) is 1. The lowest BCUT2D eigenvalue weighted by molar-refractivity contribution is -0.123. The predicted octanol–water partition coefficient (Wildman–Crippen LogP) is 3.27. The van der Waals surface area contributed by atoms with Crippen molar-refractivity contribution in [2.75, 3.05) is 31.1 Å². The van der Waals surface area contributed by atoms with Crippen molar-refractivity contribution in [2.24, 2.45) is 5.92 Å². The van der Waals surface area contributed by atoms with E-state index in [1.807, 2.05) is 29.8 Å². The molecule has 2 aromatic rings. The van der Waals surface area contributed by atoms with Gasteiger partial charge in [0.2, 0.25) is 0 Å². The molecule has 0 bridgehead atoms. The lowest BCUT2D eigenvalue weighted by atomic mass is 9.98. The van der Waals surface area contributed by atoms with Crippen LogP contribution in [0.1, 0.15) is 32.3 Å². The van der Waals surface area contributed by atoms with Gasteiger partial charge in [0.05, 0.1) is 0 Å². The third-order valence-electron chi connectivity index (χ3n) is 5.21. The van der Waals surface area contributed by atoms with Gasteiger partial charge in [0.15, 0.2) is 23.2 Å². The highest BCUT2D eigenvalue weighted by Gasteiger charge is 2.32. The molecule has 0 radical (unpaired) electrons. The third kappa shape index (κ3) is 4.41. The number of piperidine rings is 1. The number of para-hydroxylation sites is 1. The Labute approximate surface area is 169 Å². The molecule has 1 atom stereocenters. The van der Waals surface area contributed by atoms with Gasteiger partial charge in [-0.2, -0.15) is 0 Å². The number of carbonyl (C=O) groups is 1. The molecule has 0 spiro atoms. The molecule has 1 unspecified atom stereocenters. The number of hydrogen-bond acceptors (Lipinski definition) is 6. The number of benzene rings is 1. The van der Waals surface area contributed by atoms with E-state index in [0.717, 1.165) is 48.8 Å². The minimum atomic E-state index is -0.228. The number of fused-ring (bicyclic) bond motifs is 1. The zero-order chi connectivity index (χ0) is 19.6. The van der Waals surface area contributed by atoms with Crippen LogP contribution >= 0.6 is 11.3 Å². The van der Waals surface area contributed by atoms with E-state index in [-0.39, 0.29) is 18.1 Å². The van der Waals surface area contributed by atoms with Gasteiger partial charge in [0.25, 0.3) is 5.91 Å². The molecule has 2 aliphatic heterocycles. The maximum atomic E-state index is 12.3. The Morgan fingerprint density at radius 1 is 1.46 bits per heavy atom. The van der Waals surface area contributed by atoms with E-state index in [4.69, 9.17) is 9.47 Å². The van der Waals surface area contributed by atoms with Gasteiger partial charge >= 0.3 is 0 Å². The van der Waals surface area contributed by atoms with Crippen LogP contribution in [0.3, 0.4) is 0 Å². The van der Waals surface area contributed by atoms with Gasteiger partial charge in [-0.05, 0) is 38.7 Å². The molecular formula is C21H27N3O3S. The Kier molecular flexibility index (Phi) is 5.44. The van der Waals surface area contributed by atoms with E-state index >= 15 is 0 Å². The Hall–Kier alpha value is -2.28. The zero-order valence-corrected chi connectivity index (χ0v) is 17.3. The van der Waals surface area contributed by atoms with E-state index in [0.29, 0.717) is 18.2 Å². The monoisotopic (exact) mass is 401 g/mol. The van der Waals surface area contributed by atoms with Gasteiger partial charge in [-0.1, -0.05) is 12.1 Å². The largest absolute Gasteiger partial charge is 0.483 e. The first-order chi connectivity index (χ1) is 13.5. The molecule has 7 heteroatoms. The van der Waals surface area contributed by atoms with E-state index in [1.165, 1.54) is 0 Å². The minimum absolute atomic E-state index is 0.00313. The average molecular weight is 402 g/mol. The van der Waals surface area contributed by atoms with Crippen molar-refractivity contribution in [3.63, 3.8) is 0 Å². The number of carbonyl (C=O) groups excluding carboxylic acids is 1. The number of nitrogens with one attached hydrogen (secondary N) is 1. The van der Waals surface area contributed by atoms with E-state index < -0.39 is 0 Å². The van der Waals surface area contributed by atoms with Gasteiger partial charge < -0.3 is 19.7 Å². The van der Waals surface area contributed by atoms with Gasteiger partial charge in [-0.15, -0.1) is 11.3 Å².